The molecule has 0 saturated carbocycles. The van der Waals surface area contributed by atoms with Crippen LogP contribution in [0.4, 0.5) is 0 Å². The summed E-state index contributed by atoms with van der Waals surface area (Å²) in [7, 11) is 1.68. The van der Waals surface area contributed by atoms with E-state index in [0.29, 0.717) is 11.6 Å². The van der Waals surface area contributed by atoms with Crippen LogP contribution in [0, 0.1) is 0 Å². The molecular weight excluding hydrogens is 417 g/mol. The maximum atomic E-state index is 6.66. The van der Waals surface area contributed by atoms with Gasteiger partial charge in [-0.15, -0.1) is 24.8 Å². The molecule has 0 aliphatic heterocycles. The van der Waals surface area contributed by atoms with Crippen LogP contribution in [0.3, 0.4) is 0 Å². The first kappa shape index (κ1) is 24.5. The Kier molecular flexibility index (Phi) is 8.99. The molecule has 0 aliphatic carbocycles. The second-order valence-electron chi connectivity index (χ2n) is 6.93. The van der Waals surface area contributed by atoms with Crippen LogP contribution >= 0.6 is 36.4 Å². The van der Waals surface area contributed by atoms with Gasteiger partial charge in [0.15, 0.2) is 0 Å². The molecule has 1 heterocycles. The second-order valence-corrected chi connectivity index (χ2v) is 7.36. The van der Waals surface area contributed by atoms with Crippen LogP contribution in [-0.4, -0.2) is 17.6 Å². The molecule has 0 saturated heterocycles. The molecule has 4 nitrogen and oxygen atoms in total. The summed E-state index contributed by atoms with van der Waals surface area (Å²) in [6.45, 7) is 4.88. The molecule has 0 amide bonds. The number of aromatic nitrogens is 1. The predicted octanol–water partition coefficient (Wildman–Crippen LogP) is 5.31. The molecule has 2 aromatic carbocycles. The van der Waals surface area contributed by atoms with Gasteiger partial charge in [0, 0.05) is 40.3 Å². The Morgan fingerprint density at radius 1 is 1.14 bits per heavy atom. The average Bonchev–Trinajstić information content (AvgIpc) is 2.65. The van der Waals surface area contributed by atoms with Crippen molar-refractivity contribution in [3.8, 4) is 5.75 Å². The Hall–Kier alpha value is -1.56. The van der Waals surface area contributed by atoms with Crippen molar-refractivity contribution in [3.63, 3.8) is 0 Å². The van der Waals surface area contributed by atoms with Gasteiger partial charge < -0.3 is 15.8 Å². The number of methoxy groups -OCH3 is 1. The van der Waals surface area contributed by atoms with Gasteiger partial charge in [-0.3, -0.25) is 4.98 Å². The van der Waals surface area contributed by atoms with Crippen LogP contribution < -0.4 is 15.8 Å². The second kappa shape index (κ2) is 10.3. The molecule has 0 spiro atoms. The molecular formula is C21H26Cl3N3O. The van der Waals surface area contributed by atoms with E-state index >= 15 is 0 Å². The van der Waals surface area contributed by atoms with Crippen LogP contribution in [0.1, 0.15) is 31.0 Å². The number of halogens is 3. The SMILES string of the molecule is COc1ccccc1CNC(C)(C)C(N)c1ccnc2cc(Cl)ccc12.Cl.Cl. The van der Waals surface area contributed by atoms with Gasteiger partial charge in [-0.1, -0.05) is 35.9 Å². The van der Waals surface area contributed by atoms with Crippen molar-refractivity contribution in [1.29, 1.82) is 0 Å². The minimum absolute atomic E-state index is 0. The van der Waals surface area contributed by atoms with E-state index in [9.17, 15) is 0 Å². The molecule has 0 aliphatic rings. The summed E-state index contributed by atoms with van der Waals surface area (Å²) in [6, 6.07) is 15.5. The van der Waals surface area contributed by atoms with Crippen molar-refractivity contribution >= 4 is 47.3 Å². The first-order valence-corrected chi connectivity index (χ1v) is 8.97. The lowest BCUT2D eigenvalue weighted by molar-refractivity contribution is 0.318. The lowest BCUT2D eigenvalue weighted by Crippen LogP contribution is -2.48. The lowest BCUT2D eigenvalue weighted by atomic mass is 9.87. The van der Waals surface area contributed by atoms with Gasteiger partial charge in [0.25, 0.3) is 0 Å². The van der Waals surface area contributed by atoms with E-state index in [1.807, 2.05) is 42.5 Å². The highest BCUT2D eigenvalue weighted by atomic mass is 35.5. The molecule has 0 bridgehead atoms. The molecule has 7 heteroatoms. The quantitative estimate of drug-likeness (QED) is 0.543. The van der Waals surface area contributed by atoms with Crippen molar-refractivity contribution in [1.82, 2.24) is 10.3 Å². The minimum atomic E-state index is -0.339. The Balaban J connectivity index is 0.00000196. The number of rotatable bonds is 6. The maximum Gasteiger partial charge on any atom is 0.123 e. The Labute approximate surface area is 183 Å². The van der Waals surface area contributed by atoms with Crippen molar-refractivity contribution in [3.05, 3.63) is 70.9 Å². The Bertz CT molecular complexity index is 918. The van der Waals surface area contributed by atoms with E-state index in [2.05, 4.69) is 30.2 Å². The Morgan fingerprint density at radius 2 is 1.86 bits per heavy atom. The lowest BCUT2D eigenvalue weighted by Gasteiger charge is -2.34. The van der Waals surface area contributed by atoms with Gasteiger partial charge >= 0.3 is 0 Å². The summed E-state index contributed by atoms with van der Waals surface area (Å²) in [5.74, 6) is 0.869. The standard InChI is InChI=1S/C21H24ClN3O.2ClH/c1-21(2,25-13-14-6-4-5-7-19(14)26-3)20(23)17-10-11-24-18-12-15(22)8-9-16(17)18;;/h4-12,20,25H,13,23H2,1-3H3;2*1H. The smallest absolute Gasteiger partial charge is 0.123 e. The number of nitrogens with one attached hydrogen (secondary N) is 1. The summed E-state index contributed by atoms with van der Waals surface area (Å²) in [5, 5.41) is 5.27. The van der Waals surface area contributed by atoms with Gasteiger partial charge in [-0.05, 0) is 43.7 Å². The number of nitrogens with two attached hydrogens (primary N) is 1. The first-order valence-electron chi connectivity index (χ1n) is 8.59. The third kappa shape index (κ3) is 5.28. The summed E-state index contributed by atoms with van der Waals surface area (Å²) in [6.07, 6.45) is 1.78. The first-order chi connectivity index (χ1) is 12.4. The molecule has 3 rings (SSSR count). The van der Waals surface area contributed by atoms with E-state index in [-0.39, 0.29) is 36.4 Å². The zero-order valence-electron chi connectivity index (χ0n) is 16.1. The van der Waals surface area contributed by atoms with Crippen LogP contribution in [0.25, 0.3) is 10.9 Å². The molecule has 3 N–H and O–H groups in total. The normalized spacial score (nSPS) is 12.0. The van der Waals surface area contributed by atoms with Crippen molar-refractivity contribution in [2.24, 2.45) is 5.73 Å². The summed E-state index contributed by atoms with van der Waals surface area (Å²) < 4.78 is 5.43. The molecule has 28 heavy (non-hydrogen) atoms. The van der Waals surface area contributed by atoms with Crippen LogP contribution in [0.5, 0.6) is 5.75 Å². The van der Waals surface area contributed by atoms with Crippen LogP contribution in [0.2, 0.25) is 5.02 Å². The van der Waals surface area contributed by atoms with Crippen molar-refractivity contribution in [2.75, 3.05) is 7.11 Å². The highest BCUT2D eigenvalue weighted by Gasteiger charge is 2.28. The zero-order chi connectivity index (χ0) is 18.7. The predicted molar refractivity (Wildman–Crippen MR) is 122 cm³/mol. The van der Waals surface area contributed by atoms with E-state index in [1.165, 1.54) is 0 Å². The zero-order valence-corrected chi connectivity index (χ0v) is 18.5. The number of hydrogen-bond donors (Lipinski definition) is 2. The number of benzene rings is 2. The number of hydrogen-bond acceptors (Lipinski definition) is 4. The molecule has 1 aromatic heterocycles. The third-order valence-corrected chi connectivity index (χ3v) is 5.01. The highest BCUT2D eigenvalue weighted by molar-refractivity contribution is 6.31. The molecule has 152 valence electrons. The van der Waals surface area contributed by atoms with Gasteiger partial charge in [0.2, 0.25) is 0 Å². The van der Waals surface area contributed by atoms with Crippen LogP contribution in [-0.2, 0) is 6.54 Å². The largest absolute Gasteiger partial charge is 0.496 e. The van der Waals surface area contributed by atoms with Gasteiger partial charge in [0.1, 0.15) is 5.75 Å². The minimum Gasteiger partial charge on any atom is -0.496 e. The fraction of sp³-hybridized carbons (Fsp3) is 0.286. The number of para-hydroxylation sites is 1. The van der Waals surface area contributed by atoms with E-state index < -0.39 is 0 Å². The van der Waals surface area contributed by atoms with Gasteiger partial charge in [-0.2, -0.15) is 0 Å². The van der Waals surface area contributed by atoms with E-state index in [4.69, 9.17) is 22.1 Å². The molecule has 1 unspecified atom stereocenters. The number of ether oxygens (including phenoxy) is 1. The number of nitrogens with zero attached hydrogens (tertiary/aromatic N) is 1. The van der Waals surface area contributed by atoms with Crippen molar-refractivity contribution in [2.45, 2.75) is 32.0 Å². The molecule has 1 atom stereocenters. The monoisotopic (exact) mass is 441 g/mol. The van der Waals surface area contributed by atoms with Gasteiger partial charge in [-0.25, -0.2) is 0 Å². The van der Waals surface area contributed by atoms with E-state index in [0.717, 1.165) is 27.8 Å². The number of pyridine rings is 1. The van der Waals surface area contributed by atoms with Gasteiger partial charge in [0.05, 0.1) is 12.6 Å². The molecule has 0 fully saturated rings. The summed E-state index contributed by atoms with van der Waals surface area (Å²) >= 11 is 6.09. The average molecular weight is 443 g/mol. The van der Waals surface area contributed by atoms with Crippen molar-refractivity contribution < 1.29 is 4.74 Å². The highest BCUT2D eigenvalue weighted by Crippen LogP contribution is 2.30. The summed E-state index contributed by atoms with van der Waals surface area (Å²) in [5.41, 5.74) is 9.32. The third-order valence-electron chi connectivity index (χ3n) is 4.78. The summed E-state index contributed by atoms with van der Waals surface area (Å²) in [4.78, 5) is 4.41. The fourth-order valence-electron chi connectivity index (χ4n) is 3.09. The van der Waals surface area contributed by atoms with Crippen LogP contribution in [0.15, 0.2) is 54.7 Å². The maximum absolute atomic E-state index is 6.66. The molecule has 0 radical (unpaired) electrons. The fourth-order valence-corrected chi connectivity index (χ4v) is 3.25. The number of fused-ring (bicyclic) bond motifs is 1. The molecule has 3 aromatic rings. The topological polar surface area (TPSA) is 60.2 Å². The van der Waals surface area contributed by atoms with E-state index in [1.54, 1.807) is 13.3 Å². The Morgan fingerprint density at radius 3 is 2.57 bits per heavy atom.